The van der Waals surface area contributed by atoms with Gasteiger partial charge >= 0.3 is 6.09 Å². The molecule has 1 N–H and O–H groups in total. The second kappa shape index (κ2) is 6.89. The van der Waals surface area contributed by atoms with Gasteiger partial charge in [0.05, 0.1) is 17.7 Å². The van der Waals surface area contributed by atoms with Crippen LogP contribution in [0.15, 0.2) is 24.4 Å². The normalized spacial score (nSPS) is 16.8. The first-order valence-electron chi connectivity index (χ1n) is 7.67. The van der Waals surface area contributed by atoms with Crippen LogP contribution in [0.4, 0.5) is 4.79 Å². The van der Waals surface area contributed by atoms with Gasteiger partial charge in [0, 0.05) is 23.2 Å². The van der Waals surface area contributed by atoms with E-state index in [1.165, 1.54) is 4.90 Å². The summed E-state index contributed by atoms with van der Waals surface area (Å²) in [5.41, 5.74) is 1.33. The molecule has 124 valence electrons. The van der Waals surface area contributed by atoms with Crippen LogP contribution >= 0.6 is 11.3 Å². The first-order chi connectivity index (χ1) is 11.6. The summed E-state index contributed by atoms with van der Waals surface area (Å²) in [4.78, 5) is 18.0. The molecule has 1 saturated heterocycles. The molecule has 2 heterocycles. The molecule has 0 saturated carbocycles. The molecule has 7 heteroatoms. The number of aromatic nitrogens is 1. The smallest absolute Gasteiger partial charge is 0.407 e. The van der Waals surface area contributed by atoms with E-state index in [4.69, 9.17) is 4.74 Å². The van der Waals surface area contributed by atoms with Crippen molar-refractivity contribution in [1.29, 1.82) is 5.26 Å². The fourth-order valence-electron chi connectivity index (χ4n) is 2.81. The number of thiazole rings is 1. The topological polar surface area (TPSA) is 86.5 Å². The van der Waals surface area contributed by atoms with Crippen molar-refractivity contribution < 1.29 is 14.6 Å². The van der Waals surface area contributed by atoms with Gasteiger partial charge in [-0.2, -0.15) is 5.26 Å². The van der Waals surface area contributed by atoms with Gasteiger partial charge in [0.15, 0.2) is 0 Å². The van der Waals surface area contributed by atoms with E-state index in [0.29, 0.717) is 17.9 Å². The Hall–Kier alpha value is -2.59. The molecular weight excluding hydrogens is 326 g/mol. The highest BCUT2D eigenvalue weighted by atomic mass is 32.1. The molecule has 1 atom stereocenters. The van der Waals surface area contributed by atoms with Crippen LogP contribution in [0.3, 0.4) is 0 Å². The second-order valence-electron chi connectivity index (χ2n) is 5.72. The lowest BCUT2D eigenvalue weighted by molar-refractivity contribution is 0.123. The molecule has 1 aliphatic heterocycles. The number of hydrogen-bond donors (Lipinski definition) is 1. The molecule has 1 amide bonds. The number of nitriles is 1. The highest BCUT2D eigenvalue weighted by molar-refractivity contribution is 7.14. The predicted octanol–water partition coefficient (Wildman–Crippen LogP) is 3.51. The Bertz CT molecular complexity index is 797. The zero-order chi connectivity index (χ0) is 17.1. The number of benzene rings is 1. The molecule has 1 aromatic heterocycles. The summed E-state index contributed by atoms with van der Waals surface area (Å²) >= 11 is 1.55. The number of likely N-dealkylation sites (tertiary alicyclic amines) is 1. The predicted molar refractivity (Wildman–Crippen MR) is 90.2 cm³/mol. The van der Waals surface area contributed by atoms with E-state index < -0.39 is 6.09 Å². The van der Waals surface area contributed by atoms with Gasteiger partial charge in [0.25, 0.3) is 0 Å². The SMILES string of the molecule is Cc1cnc(-c2cc(C#N)cc(OC[C@H]3CCCN3C(=O)O)c2)s1. The van der Waals surface area contributed by atoms with Gasteiger partial charge in [-0.05, 0) is 38.0 Å². The summed E-state index contributed by atoms with van der Waals surface area (Å²) < 4.78 is 5.80. The van der Waals surface area contributed by atoms with Crippen molar-refractivity contribution in [3.05, 3.63) is 34.8 Å². The number of hydrogen-bond acceptors (Lipinski definition) is 5. The average molecular weight is 343 g/mol. The van der Waals surface area contributed by atoms with Gasteiger partial charge in [-0.1, -0.05) is 0 Å². The Labute approximate surface area is 143 Å². The summed E-state index contributed by atoms with van der Waals surface area (Å²) in [5, 5.41) is 19.2. The van der Waals surface area contributed by atoms with Crippen LogP contribution < -0.4 is 4.74 Å². The van der Waals surface area contributed by atoms with E-state index >= 15 is 0 Å². The number of aryl methyl sites for hydroxylation is 1. The summed E-state index contributed by atoms with van der Waals surface area (Å²) in [6.45, 7) is 2.82. The molecule has 1 aliphatic rings. The van der Waals surface area contributed by atoms with E-state index in [1.807, 2.05) is 13.0 Å². The Morgan fingerprint density at radius 2 is 2.38 bits per heavy atom. The lowest BCUT2D eigenvalue weighted by Crippen LogP contribution is -2.38. The Morgan fingerprint density at radius 1 is 1.54 bits per heavy atom. The molecule has 0 aliphatic carbocycles. The molecule has 1 aromatic carbocycles. The highest BCUT2D eigenvalue weighted by Gasteiger charge is 2.28. The molecule has 24 heavy (non-hydrogen) atoms. The number of carbonyl (C=O) groups is 1. The molecule has 0 radical (unpaired) electrons. The number of ether oxygens (including phenoxy) is 1. The molecule has 0 unspecified atom stereocenters. The fraction of sp³-hybridized carbons (Fsp3) is 0.353. The van der Waals surface area contributed by atoms with Gasteiger partial charge in [0.1, 0.15) is 17.4 Å². The van der Waals surface area contributed by atoms with Crippen LogP contribution in [-0.2, 0) is 0 Å². The maximum atomic E-state index is 11.2. The Kier molecular flexibility index (Phi) is 4.67. The van der Waals surface area contributed by atoms with Gasteiger partial charge in [-0.3, -0.25) is 0 Å². The van der Waals surface area contributed by atoms with Crippen LogP contribution in [0.2, 0.25) is 0 Å². The Balaban J connectivity index is 1.78. The van der Waals surface area contributed by atoms with Crippen molar-refractivity contribution in [2.24, 2.45) is 0 Å². The van der Waals surface area contributed by atoms with Crippen LogP contribution in [-0.4, -0.2) is 40.3 Å². The van der Waals surface area contributed by atoms with E-state index in [0.717, 1.165) is 28.3 Å². The number of carboxylic acid groups (broad SMARTS) is 1. The van der Waals surface area contributed by atoms with Crippen LogP contribution in [0.25, 0.3) is 10.6 Å². The van der Waals surface area contributed by atoms with Gasteiger partial charge in [-0.25, -0.2) is 9.78 Å². The third-order valence-corrected chi connectivity index (χ3v) is 4.93. The quantitative estimate of drug-likeness (QED) is 0.918. The summed E-state index contributed by atoms with van der Waals surface area (Å²) in [6, 6.07) is 7.29. The molecule has 2 aromatic rings. The Morgan fingerprint density at radius 3 is 3.04 bits per heavy atom. The molecule has 3 rings (SSSR count). The number of rotatable bonds is 4. The molecule has 0 bridgehead atoms. The van der Waals surface area contributed by atoms with Crippen molar-refractivity contribution in [1.82, 2.24) is 9.88 Å². The van der Waals surface area contributed by atoms with Gasteiger partial charge < -0.3 is 14.7 Å². The largest absolute Gasteiger partial charge is 0.491 e. The maximum absolute atomic E-state index is 11.2. The fourth-order valence-corrected chi connectivity index (χ4v) is 3.56. The van der Waals surface area contributed by atoms with Crippen molar-refractivity contribution in [2.75, 3.05) is 13.2 Å². The maximum Gasteiger partial charge on any atom is 0.407 e. The van der Waals surface area contributed by atoms with Crippen LogP contribution in [0.5, 0.6) is 5.75 Å². The van der Waals surface area contributed by atoms with Crippen molar-refractivity contribution in [2.45, 2.75) is 25.8 Å². The van der Waals surface area contributed by atoms with E-state index in [-0.39, 0.29) is 12.6 Å². The van der Waals surface area contributed by atoms with Crippen LogP contribution in [0, 0.1) is 18.3 Å². The van der Waals surface area contributed by atoms with Crippen LogP contribution in [0.1, 0.15) is 23.3 Å². The molecule has 1 fully saturated rings. The van der Waals surface area contributed by atoms with E-state index in [1.54, 1.807) is 29.7 Å². The lowest BCUT2D eigenvalue weighted by Gasteiger charge is -2.21. The van der Waals surface area contributed by atoms with Crippen molar-refractivity contribution in [3.63, 3.8) is 0 Å². The van der Waals surface area contributed by atoms with Gasteiger partial charge in [-0.15, -0.1) is 11.3 Å². The second-order valence-corrected chi connectivity index (χ2v) is 6.95. The number of amides is 1. The van der Waals surface area contributed by atoms with Crippen molar-refractivity contribution in [3.8, 4) is 22.4 Å². The molecular formula is C17H17N3O3S. The molecule has 6 nitrogen and oxygen atoms in total. The standard InChI is InChI=1S/C17H17N3O3S/c1-11-9-19-16(24-11)13-5-12(8-18)6-15(7-13)23-10-14-3-2-4-20(14)17(21)22/h5-7,9,14H,2-4,10H2,1H3,(H,21,22)/t14-/m1/s1. The summed E-state index contributed by atoms with van der Waals surface area (Å²) in [6.07, 6.45) is 2.53. The van der Waals surface area contributed by atoms with Crippen molar-refractivity contribution >= 4 is 17.4 Å². The monoisotopic (exact) mass is 343 g/mol. The summed E-state index contributed by atoms with van der Waals surface area (Å²) in [5.74, 6) is 0.564. The van der Waals surface area contributed by atoms with E-state index in [2.05, 4.69) is 11.1 Å². The van der Waals surface area contributed by atoms with Gasteiger partial charge in [0.2, 0.25) is 0 Å². The first kappa shape index (κ1) is 16.3. The minimum atomic E-state index is -0.911. The minimum Gasteiger partial charge on any atom is -0.491 e. The zero-order valence-corrected chi connectivity index (χ0v) is 14.0. The number of nitrogens with zero attached hydrogens (tertiary/aromatic N) is 3. The summed E-state index contributed by atoms with van der Waals surface area (Å²) in [7, 11) is 0. The third kappa shape index (κ3) is 3.49. The third-order valence-electron chi connectivity index (χ3n) is 3.97. The van der Waals surface area contributed by atoms with E-state index in [9.17, 15) is 15.2 Å². The highest BCUT2D eigenvalue weighted by Crippen LogP contribution is 2.29. The average Bonchev–Trinajstić information content (AvgIpc) is 3.21. The lowest BCUT2D eigenvalue weighted by atomic mass is 10.1. The molecule has 0 spiro atoms. The minimum absolute atomic E-state index is 0.140. The first-order valence-corrected chi connectivity index (χ1v) is 8.49. The zero-order valence-electron chi connectivity index (χ0n) is 13.2.